The molecule has 148 valence electrons. The van der Waals surface area contributed by atoms with Crippen LogP contribution in [0.15, 0.2) is 51.9 Å². The highest BCUT2D eigenvalue weighted by Crippen LogP contribution is 2.24. The number of nitrogens with one attached hydrogen (secondary N) is 1. The first-order chi connectivity index (χ1) is 13.6. The summed E-state index contributed by atoms with van der Waals surface area (Å²) >= 11 is 0. The van der Waals surface area contributed by atoms with Gasteiger partial charge in [-0.2, -0.15) is 0 Å². The summed E-state index contributed by atoms with van der Waals surface area (Å²) in [6, 6.07) is 11.4. The summed E-state index contributed by atoms with van der Waals surface area (Å²) in [4.78, 5) is 27.5. The van der Waals surface area contributed by atoms with Crippen LogP contribution in [-0.2, 0) is 18.4 Å². The van der Waals surface area contributed by atoms with E-state index < -0.39 is 0 Å². The Bertz CT molecular complexity index is 997. The topological polar surface area (TPSA) is 72.4 Å². The minimum Gasteiger partial charge on any atom is -0.468 e. The largest absolute Gasteiger partial charge is 0.468 e. The van der Waals surface area contributed by atoms with E-state index in [0.717, 1.165) is 42.7 Å². The summed E-state index contributed by atoms with van der Waals surface area (Å²) < 4.78 is 8.72. The van der Waals surface area contributed by atoms with Gasteiger partial charge in [0, 0.05) is 13.6 Å². The summed E-state index contributed by atoms with van der Waals surface area (Å²) in [6.45, 7) is 2.48. The summed E-state index contributed by atoms with van der Waals surface area (Å²) in [5.41, 5.74) is 1.40. The summed E-state index contributed by atoms with van der Waals surface area (Å²) in [5, 5.41) is 3.01. The molecule has 1 unspecified atom stereocenters. The molecule has 1 aliphatic heterocycles. The number of nitrogens with zero attached hydrogens (tertiary/aromatic N) is 3. The van der Waals surface area contributed by atoms with Crippen molar-refractivity contribution in [2.75, 3.05) is 19.6 Å². The van der Waals surface area contributed by atoms with Crippen LogP contribution in [0.3, 0.4) is 0 Å². The highest BCUT2D eigenvalue weighted by atomic mass is 16.3. The molecule has 1 aliphatic rings. The molecule has 1 amide bonds. The molecule has 1 fully saturated rings. The maximum absolute atomic E-state index is 12.6. The number of fused-ring (bicyclic) bond motifs is 1. The van der Waals surface area contributed by atoms with Crippen LogP contribution in [0.2, 0.25) is 0 Å². The molecule has 1 aromatic carbocycles. The van der Waals surface area contributed by atoms with E-state index >= 15 is 0 Å². The predicted octanol–water partition coefficient (Wildman–Crippen LogP) is 2.28. The van der Waals surface area contributed by atoms with E-state index in [4.69, 9.17) is 4.42 Å². The minimum atomic E-state index is -0.185. The molecule has 1 atom stereocenters. The fourth-order valence-electron chi connectivity index (χ4n) is 4.05. The predicted molar refractivity (Wildman–Crippen MR) is 107 cm³/mol. The van der Waals surface area contributed by atoms with Crippen molar-refractivity contribution in [3.05, 3.63) is 58.9 Å². The van der Waals surface area contributed by atoms with Crippen LogP contribution in [0.5, 0.6) is 0 Å². The second-order valence-electron chi connectivity index (χ2n) is 7.35. The molecule has 7 nitrogen and oxygen atoms in total. The summed E-state index contributed by atoms with van der Waals surface area (Å²) in [5.74, 6) is 0.691. The second kappa shape index (κ2) is 8.06. The Balaban J connectivity index is 1.47. The molecule has 28 heavy (non-hydrogen) atoms. The van der Waals surface area contributed by atoms with E-state index in [0.29, 0.717) is 6.54 Å². The van der Waals surface area contributed by atoms with Gasteiger partial charge < -0.3 is 9.73 Å². The Labute approximate surface area is 163 Å². The van der Waals surface area contributed by atoms with E-state index in [1.165, 1.54) is 11.0 Å². The molecule has 3 heterocycles. The zero-order chi connectivity index (χ0) is 19.5. The lowest BCUT2D eigenvalue weighted by molar-refractivity contribution is -0.122. The van der Waals surface area contributed by atoms with Crippen molar-refractivity contribution < 1.29 is 9.21 Å². The quantitative estimate of drug-likeness (QED) is 0.710. The average Bonchev–Trinajstić information content (AvgIpc) is 3.33. The van der Waals surface area contributed by atoms with Gasteiger partial charge in [0.2, 0.25) is 5.91 Å². The first-order valence-corrected chi connectivity index (χ1v) is 9.83. The standard InChI is InChI=1S/C21H26N4O3/c1-23-16-8-3-4-9-17(16)25(21(23)27)15-20(26)22-14-18(19-10-7-13-28-19)24-11-5-2-6-12-24/h3-4,7-10,13,18H,2,5-6,11-12,14-15H2,1H3,(H,22,26). The summed E-state index contributed by atoms with van der Waals surface area (Å²) in [6.07, 6.45) is 5.24. The fraction of sp³-hybridized carbons (Fsp3) is 0.429. The lowest BCUT2D eigenvalue weighted by Gasteiger charge is -2.33. The van der Waals surface area contributed by atoms with Crippen molar-refractivity contribution in [1.29, 1.82) is 0 Å². The van der Waals surface area contributed by atoms with Gasteiger partial charge in [-0.15, -0.1) is 0 Å². The van der Waals surface area contributed by atoms with Crippen LogP contribution in [0, 0.1) is 0 Å². The van der Waals surface area contributed by atoms with E-state index in [1.807, 2.05) is 36.4 Å². The lowest BCUT2D eigenvalue weighted by Crippen LogP contribution is -2.41. The Morgan fingerprint density at radius 2 is 1.86 bits per heavy atom. The molecule has 7 heteroatoms. The number of aryl methyl sites for hydroxylation is 1. The number of para-hydroxylation sites is 2. The molecule has 4 rings (SSSR count). The average molecular weight is 382 g/mol. The van der Waals surface area contributed by atoms with Gasteiger partial charge >= 0.3 is 5.69 Å². The lowest BCUT2D eigenvalue weighted by atomic mass is 10.1. The highest BCUT2D eigenvalue weighted by molar-refractivity contribution is 5.80. The monoisotopic (exact) mass is 382 g/mol. The smallest absolute Gasteiger partial charge is 0.329 e. The number of piperidine rings is 1. The van der Waals surface area contributed by atoms with Crippen LogP contribution < -0.4 is 11.0 Å². The van der Waals surface area contributed by atoms with Gasteiger partial charge in [0.15, 0.2) is 0 Å². The van der Waals surface area contributed by atoms with Crippen molar-refractivity contribution in [3.63, 3.8) is 0 Å². The Hall–Kier alpha value is -2.80. The van der Waals surface area contributed by atoms with Crippen LogP contribution in [0.4, 0.5) is 0 Å². The van der Waals surface area contributed by atoms with Crippen molar-refractivity contribution in [3.8, 4) is 0 Å². The van der Waals surface area contributed by atoms with Crippen molar-refractivity contribution in [2.45, 2.75) is 31.8 Å². The fourth-order valence-corrected chi connectivity index (χ4v) is 4.05. The van der Waals surface area contributed by atoms with Gasteiger partial charge in [-0.25, -0.2) is 4.79 Å². The molecule has 0 radical (unpaired) electrons. The first kappa shape index (κ1) is 18.6. The zero-order valence-corrected chi connectivity index (χ0v) is 16.1. The maximum Gasteiger partial charge on any atom is 0.329 e. The third-order valence-corrected chi connectivity index (χ3v) is 5.55. The van der Waals surface area contributed by atoms with Gasteiger partial charge in [-0.1, -0.05) is 18.6 Å². The van der Waals surface area contributed by atoms with E-state index in [9.17, 15) is 9.59 Å². The van der Waals surface area contributed by atoms with Crippen molar-refractivity contribution in [1.82, 2.24) is 19.4 Å². The number of amides is 1. The van der Waals surface area contributed by atoms with E-state index in [-0.39, 0.29) is 24.2 Å². The molecule has 0 saturated carbocycles. The van der Waals surface area contributed by atoms with Gasteiger partial charge in [-0.3, -0.25) is 18.8 Å². The second-order valence-corrected chi connectivity index (χ2v) is 7.35. The van der Waals surface area contributed by atoms with Crippen LogP contribution in [0.25, 0.3) is 11.0 Å². The minimum absolute atomic E-state index is 0.00502. The molecular weight excluding hydrogens is 356 g/mol. The third-order valence-electron chi connectivity index (χ3n) is 5.55. The van der Waals surface area contributed by atoms with Gasteiger partial charge in [0.25, 0.3) is 0 Å². The molecule has 2 aromatic heterocycles. The number of likely N-dealkylation sites (tertiary alicyclic amines) is 1. The third kappa shape index (κ3) is 3.62. The normalized spacial score (nSPS) is 16.3. The highest BCUT2D eigenvalue weighted by Gasteiger charge is 2.25. The zero-order valence-electron chi connectivity index (χ0n) is 16.1. The first-order valence-electron chi connectivity index (χ1n) is 9.83. The van der Waals surface area contributed by atoms with Crippen LogP contribution in [-0.4, -0.2) is 39.6 Å². The van der Waals surface area contributed by atoms with E-state index in [2.05, 4.69) is 10.2 Å². The molecular formula is C21H26N4O3. The molecule has 0 aliphatic carbocycles. The number of furan rings is 1. The number of aromatic nitrogens is 2. The van der Waals surface area contributed by atoms with E-state index in [1.54, 1.807) is 17.9 Å². The molecule has 0 spiro atoms. The SMILES string of the molecule is Cn1c(=O)n(CC(=O)NCC(c2ccco2)N2CCCCC2)c2ccccc21. The number of rotatable bonds is 6. The number of hydrogen-bond acceptors (Lipinski definition) is 4. The number of imidazole rings is 1. The number of carbonyl (C=O) groups is 1. The number of benzene rings is 1. The Morgan fingerprint density at radius 1 is 1.11 bits per heavy atom. The Morgan fingerprint density at radius 3 is 2.57 bits per heavy atom. The summed E-state index contributed by atoms with van der Waals surface area (Å²) in [7, 11) is 1.72. The van der Waals surface area contributed by atoms with Gasteiger partial charge in [-0.05, 0) is 50.2 Å². The van der Waals surface area contributed by atoms with Crippen LogP contribution in [0.1, 0.15) is 31.1 Å². The maximum atomic E-state index is 12.6. The molecule has 1 saturated heterocycles. The number of carbonyl (C=O) groups excluding carboxylic acids is 1. The van der Waals surface area contributed by atoms with Crippen molar-refractivity contribution >= 4 is 16.9 Å². The number of hydrogen-bond donors (Lipinski definition) is 1. The van der Waals surface area contributed by atoms with Crippen molar-refractivity contribution in [2.24, 2.45) is 7.05 Å². The molecule has 1 N–H and O–H groups in total. The Kier molecular flexibility index (Phi) is 5.34. The van der Waals surface area contributed by atoms with Gasteiger partial charge in [0.1, 0.15) is 12.3 Å². The van der Waals surface area contributed by atoms with Crippen LogP contribution >= 0.6 is 0 Å². The molecule has 3 aromatic rings. The van der Waals surface area contributed by atoms with Gasteiger partial charge in [0.05, 0.1) is 23.3 Å². The molecule has 0 bridgehead atoms.